The smallest absolute Gasteiger partial charge is 0.339 e. The summed E-state index contributed by atoms with van der Waals surface area (Å²) in [5.74, 6) is -2.17. The summed E-state index contributed by atoms with van der Waals surface area (Å²) < 4.78 is 26.6. The van der Waals surface area contributed by atoms with Crippen molar-refractivity contribution in [3.05, 3.63) is 58.3 Å². The van der Waals surface area contributed by atoms with Gasteiger partial charge in [-0.15, -0.1) is 0 Å². The first-order valence-corrected chi connectivity index (χ1v) is 6.27. The lowest BCUT2D eigenvalue weighted by Gasteiger charge is -2.10. The first kappa shape index (κ1) is 14.9. The monoisotopic (exact) mass is 292 g/mol. The van der Waals surface area contributed by atoms with E-state index in [1.54, 1.807) is 26.0 Å². The third kappa shape index (κ3) is 3.34. The van der Waals surface area contributed by atoms with Crippen molar-refractivity contribution >= 4 is 11.8 Å². The molecule has 21 heavy (non-hydrogen) atoms. The molecule has 1 aromatic carbocycles. The minimum atomic E-state index is -1.27. The van der Waals surface area contributed by atoms with E-state index in [-0.39, 0.29) is 23.7 Å². The molecule has 0 unspecified atom stereocenters. The molecule has 110 valence electrons. The Morgan fingerprint density at radius 1 is 1.24 bits per heavy atom. The van der Waals surface area contributed by atoms with Crippen LogP contribution in [0.5, 0.6) is 0 Å². The fraction of sp³-hybridized carbons (Fsp3) is 0.200. The maximum Gasteiger partial charge on any atom is 0.339 e. The van der Waals surface area contributed by atoms with Crippen LogP contribution in [0.15, 0.2) is 24.4 Å². The van der Waals surface area contributed by atoms with Gasteiger partial charge < -0.3 is 10.4 Å². The van der Waals surface area contributed by atoms with Gasteiger partial charge in [-0.3, -0.25) is 0 Å². The summed E-state index contributed by atoms with van der Waals surface area (Å²) in [7, 11) is 0. The maximum atomic E-state index is 13.5. The maximum absolute atomic E-state index is 13.5. The van der Waals surface area contributed by atoms with E-state index >= 15 is 0 Å². The Labute approximate surface area is 120 Å². The van der Waals surface area contributed by atoms with Gasteiger partial charge in [0, 0.05) is 6.54 Å². The van der Waals surface area contributed by atoms with E-state index in [9.17, 15) is 13.6 Å². The third-order valence-electron chi connectivity index (χ3n) is 3.04. The van der Waals surface area contributed by atoms with Crippen LogP contribution >= 0.6 is 0 Å². The molecule has 0 aliphatic rings. The van der Waals surface area contributed by atoms with Gasteiger partial charge in [-0.25, -0.2) is 18.6 Å². The Morgan fingerprint density at radius 3 is 2.43 bits per heavy atom. The predicted molar refractivity (Wildman–Crippen MR) is 74.4 cm³/mol. The molecule has 0 aliphatic carbocycles. The van der Waals surface area contributed by atoms with E-state index in [4.69, 9.17) is 5.11 Å². The van der Waals surface area contributed by atoms with Crippen LogP contribution in [0.4, 0.5) is 14.6 Å². The van der Waals surface area contributed by atoms with Crippen molar-refractivity contribution in [3.63, 3.8) is 0 Å². The zero-order valence-electron chi connectivity index (χ0n) is 11.6. The number of aromatic carboxylic acids is 1. The van der Waals surface area contributed by atoms with Gasteiger partial charge in [0.25, 0.3) is 0 Å². The Bertz CT molecular complexity index is 679. The number of hydrogen-bond acceptors (Lipinski definition) is 3. The minimum Gasteiger partial charge on any atom is -0.478 e. The van der Waals surface area contributed by atoms with E-state index in [0.29, 0.717) is 11.1 Å². The molecule has 1 heterocycles. The summed E-state index contributed by atoms with van der Waals surface area (Å²) in [4.78, 5) is 14.8. The van der Waals surface area contributed by atoms with Crippen LogP contribution < -0.4 is 5.32 Å². The normalized spacial score (nSPS) is 10.5. The molecule has 6 heteroatoms. The van der Waals surface area contributed by atoms with Gasteiger partial charge in [-0.1, -0.05) is 12.1 Å². The molecule has 0 atom stereocenters. The lowest BCUT2D eigenvalue weighted by atomic mass is 10.1. The number of carbonyl (C=O) groups is 1. The summed E-state index contributed by atoms with van der Waals surface area (Å²) in [6.45, 7) is 3.58. The first-order chi connectivity index (χ1) is 9.88. The molecule has 2 rings (SSSR count). The van der Waals surface area contributed by atoms with E-state index in [1.807, 2.05) is 0 Å². The van der Waals surface area contributed by atoms with Gasteiger partial charge in [0.15, 0.2) is 0 Å². The Balaban J connectivity index is 2.22. The number of pyridine rings is 1. The number of anilines is 1. The quantitative estimate of drug-likeness (QED) is 0.907. The zero-order valence-corrected chi connectivity index (χ0v) is 11.6. The topological polar surface area (TPSA) is 62.2 Å². The van der Waals surface area contributed by atoms with Gasteiger partial charge in [0.05, 0.1) is 6.20 Å². The van der Waals surface area contributed by atoms with Gasteiger partial charge in [-0.2, -0.15) is 0 Å². The highest BCUT2D eigenvalue weighted by atomic mass is 19.1. The largest absolute Gasteiger partial charge is 0.478 e. The number of aromatic nitrogens is 1. The van der Waals surface area contributed by atoms with E-state index in [1.165, 1.54) is 0 Å². The van der Waals surface area contributed by atoms with Crippen LogP contribution in [-0.4, -0.2) is 16.1 Å². The number of halogens is 2. The number of aryl methyl sites for hydroxylation is 2. The van der Waals surface area contributed by atoms with Crippen LogP contribution in [0.1, 0.15) is 27.0 Å². The molecular weight excluding hydrogens is 278 g/mol. The fourth-order valence-electron chi connectivity index (χ4n) is 2.07. The lowest BCUT2D eigenvalue weighted by molar-refractivity contribution is 0.0697. The molecule has 1 aromatic heterocycles. The Kier molecular flexibility index (Phi) is 4.16. The second-order valence-corrected chi connectivity index (χ2v) is 4.75. The van der Waals surface area contributed by atoms with Crippen molar-refractivity contribution in [2.45, 2.75) is 20.4 Å². The van der Waals surface area contributed by atoms with Crippen molar-refractivity contribution in [2.75, 3.05) is 5.32 Å². The minimum absolute atomic E-state index is 0.0727. The average molecular weight is 292 g/mol. The highest BCUT2D eigenvalue weighted by molar-refractivity contribution is 5.93. The van der Waals surface area contributed by atoms with E-state index in [0.717, 1.165) is 17.8 Å². The average Bonchev–Trinajstić information content (AvgIpc) is 2.43. The standard InChI is InChI=1S/C15H14F2N2O2/c1-8-3-10(4-9(2)13(8)17)6-18-14-12(15(20)21)5-11(16)7-19-14/h3-5,7H,6H2,1-2H3,(H,18,19)(H,20,21). The Hall–Kier alpha value is -2.50. The number of benzene rings is 1. The molecule has 0 saturated carbocycles. The fourth-order valence-corrected chi connectivity index (χ4v) is 2.07. The number of carboxylic acids is 1. The molecule has 0 saturated heterocycles. The first-order valence-electron chi connectivity index (χ1n) is 6.27. The summed E-state index contributed by atoms with van der Waals surface area (Å²) in [5.41, 5.74) is 1.56. The summed E-state index contributed by atoms with van der Waals surface area (Å²) >= 11 is 0. The van der Waals surface area contributed by atoms with E-state index in [2.05, 4.69) is 10.3 Å². The molecule has 0 fully saturated rings. The molecular formula is C15H14F2N2O2. The molecule has 2 N–H and O–H groups in total. The van der Waals surface area contributed by atoms with Crippen molar-refractivity contribution in [1.82, 2.24) is 4.98 Å². The van der Waals surface area contributed by atoms with Gasteiger partial charge >= 0.3 is 5.97 Å². The van der Waals surface area contributed by atoms with Crippen LogP contribution in [0.3, 0.4) is 0 Å². The molecule has 2 aromatic rings. The van der Waals surface area contributed by atoms with Gasteiger partial charge in [-0.05, 0) is 36.6 Å². The second kappa shape index (κ2) is 5.87. The number of rotatable bonds is 4. The number of nitrogens with one attached hydrogen (secondary N) is 1. The molecule has 4 nitrogen and oxygen atoms in total. The number of carboxylic acid groups (broad SMARTS) is 1. The zero-order chi connectivity index (χ0) is 15.6. The van der Waals surface area contributed by atoms with Crippen LogP contribution in [0, 0.1) is 25.5 Å². The van der Waals surface area contributed by atoms with Gasteiger partial charge in [0.1, 0.15) is 23.0 Å². The summed E-state index contributed by atoms with van der Waals surface area (Å²) in [6.07, 6.45) is 0.940. The van der Waals surface area contributed by atoms with Crippen LogP contribution in [-0.2, 0) is 6.54 Å². The van der Waals surface area contributed by atoms with Crippen molar-refractivity contribution in [3.8, 4) is 0 Å². The molecule has 0 radical (unpaired) electrons. The third-order valence-corrected chi connectivity index (χ3v) is 3.04. The highest BCUT2D eigenvalue weighted by Gasteiger charge is 2.13. The number of nitrogens with zero attached hydrogens (tertiary/aromatic N) is 1. The molecule has 0 bridgehead atoms. The highest BCUT2D eigenvalue weighted by Crippen LogP contribution is 2.18. The predicted octanol–water partition coefficient (Wildman–Crippen LogP) is 3.29. The van der Waals surface area contributed by atoms with Crippen molar-refractivity contribution in [1.29, 1.82) is 0 Å². The van der Waals surface area contributed by atoms with Crippen molar-refractivity contribution < 1.29 is 18.7 Å². The SMILES string of the molecule is Cc1cc(CNc2ncc(F)cc2C(=O)O)cc(C)c1F. The summed E-state index contributed by atoms with van der Waals surface area (Å²) in [6, 6.07) is 4.23. The van der Waals surface area contributed by atoms with Crippen molar-refractivity contribution in [2.24, 2.45) is 0 Å². The molecule has 0 amide bonds. The lowest BCUT2D eigenvalue weighted by Crippen LogP contribution is -2.09. The molecule has 0 spiro atoms. The second-order valence-electron chi connectivity index (χ2n) is 4.75. The van der Waals surface area contributed by atoms with Crippen LogP contribution in [0.2, 0.25) is 0 Å². The number of hydrogen-bond donors (Lipinski definition) is 2. The van der Waals surface area contributed by atoms with Gasteiger partial charge in [0.2, 0.25) is 0 Å². The summed E-state index contributed by atoms with van der Waals surface area (Å²) in [5, 5.41) is 11.8. The Morgan fingerprint density at radius 2 is 1.86 bits per heavy atom. The van der Waals surface area contributed by atoms with Crippen LogP contribution in [0.25, 0.3) is 0 Å². The van der Waals surface area contributed by atoms with E-state index < -0.39 is 11.8 Å². The molecule has 0 aliphatic heterocycles.